The van der Waals surface area contributed by atoms with Crippen LogP contribution in [-0.4, -0.2) is 18.3 Å². The fraction of sp³-hybridized carbons (Fsp3) is 0.200. The fourth-order valence-electron chi connectivity index (χ4n) is 5.14. The maximum atomic E-state index is 6.47. The Labute approximate surface area is 208 Å². The van der Waals surface area contributed by atoms with Gasteiger partial charge in [-0.15, -0.1) is 11.3 Å². The van der Waals surface area contributed by atoms with E-state index in [1.807, 2.05) is 23.5 Å². The minimum absolute atomic E-state index is 0.416. The van der Waals surface area contributed by atoms with Crippen LogP contribution in [0.1, 0.15) is 27.7 Å². The highest BCUT2D eigenvalue weighted by molar-refractivity contribution is 7.25. The van der Waals surface area contributed by atoms with Crippen molar-refractivity contribution in [1.82, 2.24) is 0 Å². The van der Waals surface area contributed by atoms with Crippen LogP contribution in [0, 0.1) is 0 Å². The molecule has 3 nitrogen and oxygen atoms in total. The minimum atomic E-state index is -0.484. The molecular formula is C30H25BO3S. The van der Waals surface area contributed by atoms with Crippen LogP contribution in [-0.2, 0) is 9.31 Å². The van der Waals surface area contributed by atoms with Crippen LogP contribution >= 0.6 is 11.3 Å². The maximum Gasteiger partial charge on any atom is 0.498 e. The second-order valence-corrected chi connectivity index (χ2v) is 11.5. The Hall–Kier alpha value is -3.12. The lowest BCUT2D eigenvalue weighted by Gasteiger charge is -2.32. The summed E-state index contributed by atoms with van der Waals surface area (Å²) >= 11 is 1.84. The molecule has 4 aromatic carbocycles. The second kappa shape index (κ2) is 7.20. The van der Waals surface area contributed by atoms with Crippen molar-refractivity contribution >= 4 is 66.0 Å². The van der Waals surface area contributed by atoms with Gasteiger partial charge in [-0.3, -0.25) is 0 Å². The van der Waals surface area contributed by atoms with Gasteiger partial charge in [0.2, 0.25) is 0 Å². The topological polar surface area (TPSA) is 31.6 Å². The summed E-state index contributed by atoms with van der Waals surface area (Å²) < 4.78 is 21.9. The molecule has 2 aromatic heterocycles. The zero-order chi connectivity index (χ0) is 23.9. The molecule has 172 valence electrons. The average molecular weight is 476 g/mol. The number of rotatable bonds is 2. The SMILES string of the molecule is CC1(C)OB(c2ccc(-c3ccc4c(c3)sc3ccccc34)c3c2oc2ccccc23)OC1(C)C. The number of thiophene rings is 1. The second-order valence-electron chi connectivity index (χ2n) is 10.4. The van der Waals surface area contributed by atoms with Crippen molar-refractivity contribution in [2.24, 2.45) is 0 Å². The Bertz CT molecular complexity index is 1760. The molecule has 0 radical (unpaired) electrons. The quantitative estimate of drug-likeness (QED) is 0.238. The van der Waals surface area contributed by atoms with E-state index < -0.39 is 18.3 Å². The molecule has 0 saturated carbocycles. The van der Waals surface area contributed by atoms with Gasteiger partial charge in [0.15, 0.2) is 0 Å². The third-order valence-corrected chi connectivity index (χ3v) is 8.89. The molecule has 6 aromatic rings. The third kappa shape index (κ3) is 3.05. The zero-order valence-electron chi connectivity index (χ0n) is 20.2. The molecule has 0 N–H and O–H groups in total. The maximum absolute atomic E-state index is 6.47. The van der Waals surface area contributed by atoms with Gasteiger partial charge in [0, 0.05) is 36.4 Å². The van der Waals surface area contributed by atoms with Crippen LogP contribution < -0.4 is 5.46 Å². The van der Waals surface area contributed by atoms with Crippen molar-refractivity contribution in [3.8, 4) is 11.1 Å². The Kier molecular flexibility index (Phi) is 4.36. The molecule has 5 heteroatoms. The van der Waals surface area contributed by atoms with E-state index in [1.165, 1.54) is 25.7 Å². The van der Waals surface area contributed by atoms with E-state index in [9.17, 15) is 0 Å². The molecule has 0 spiro atoms. The first kappa shape index (κ1) is 21.2. The van der Waals surface area contributed by atoms with E-state index in [4.69, 9.17) is 13.7 Å². The van der Waals surface area contributed by atoms with E-state index in [1.54, 1.807) is 0 Å². The monoisotopic (exact) mass is 476 g/mol. The first-order chi connectivity index (χ1) is 16.8. The van der Waals surface area contributed by atoms with Crippen LogP contribution in [0.5, 0.6) is 0 Å². The number of hydrogen-bond acceptors (Lipinski definition) is 4. The van der Waals surface area contributed by atoms with Crippen LogP contribution in [0.2, 0.25) is 0 Å². The highest BCUT2D eigenvalue weighted by atomic mass is 32.1. The molecule has 3 heterocycles. The predicted molar refractivity (Wildman–Crippen MR) is 148 cm³/mol. The lowest BCUT2D eigenvalue weighted by molar-refractivity contribution is 0.00578. The van der Waals surface area contributed by atoms with Gasteiger partial charge in [-0.2, -0.15) is 0 Å². The fourth-order valence-corrected chi connectivity index (χ4v) is 6.28. The van der Waals surface area contributed by atoms with E-state index in [2.05, 4.69) is 94.4 Å². The van der Waals surface area contributed by atoms with Gasteiger partial charge in [-0.05, 0) is 57.0 Å². The number of hydrogen-bond donors (Lipinski definition) is 0. The molecule has 1 fully saturated rings. The van der Waals surface area contributed by atoms with Crippen LogP contribution in [0.25, 0.3) is 53.2 Å². The standard InChI is InChI=1S/C30H25BO3S/c1-29(2)30(3,4)34-31(33-29)23-16-15-19(27-22-10-5-7-11-24(22)32-28(23)27)18-13-14-21-20-9-6-8-12-25(20)35-26(21)17-18/h5-17H,1-4H3. The molecule has 0 amide bonds. The zero-order valence-corrected chi connectivity index (χ0v) is 21.0. The summed E-state index contributed by atoms with van der Waals surface area (Å²) in [6.07, 6.45) is 0. The Balaban J connectivity index is 1.47. The molecular weight excluding hydrogens is 451 g/mol. The largest absolute Gasteiger partial charge is 0.498 e. The summed E-state index contributed by atoms with van der Waals surface area (Å²) in [6, 6.07) is 28.0. The van der Waals surface area contributed by atoms with E-state index in [0.29, 0.717) is 0 Å². The molecule has 1 saturated heterocycles. The molecule has 0 atom stereocenters. The van der Waals surface area contributed by atoms with Gasteiger partial charge >= 0.3 is 7.12 Å². The molecule has 35 heavy (non-hydrogen) atoms. The highest BCUT2D eigenvalue weighted by Gasteiger charge is 2.52. The average Bonchev–Trinajstić information content (AvgIpc) is 3.47. The molecule has 1 aliphatic rings. The van der Waals surface area contributed by atoms with Crippen molar-refractivity contribution in [3.05, 3.63) is 78.9 Å². The van der Waals surface area contributed by atoms with Gasteiger partial charge < -0.3 is 13.7 Å². The van der Waals surface area contributed by atoms with Crippen molar-refractivity contribution in [1.29, 1.82) is 0 Å². The van der Waals surface area contributed by atoms with Crippen molar-refractivity contribution in [2.75, 3.05) is 0 Å². The highest BCUT2D eigenvalue weighted by Crippen LogP contribution is 2.42. The summed E-state index contributed by atoms with van der Waals surface area (Å²) in [5, 5.41) is 4.83. The summed E-state index contributed by atoms with van der Waals surface area (Å²) in [4.78, 5) is 0. The van der Waals surface area contributed by atoms with Crippen LogP contribution in [0.15, 0.2) is 83.3 Å². The molecule has 7 rings (SSSR count). The number of furan rings is 1. The first-order valence-corrected chi connectivity index (χ1v) is 12.9. The Morgan fingerprint density at radius 1 is 0.686 bits per heavy atom. The summed E-state index contributed by atoms with van der Waals surface area (Å²) in [6.45, 7) is 8.32. The smallest absolute Gasteiger partial charge is 0.456 e. The molecule has 1 aliphatic heterocycles. The van der Waals surface area contributed by atoms with Gasteiger partial charge in [0.25, 0.3) is 0 Å². The van der Waals surface area contributed by atoms with E-state index in [0.717, 1.165) is 33.0 Å². The van der Waals surface area contributed by atoms with Crippen LogP contribution in [0.3, 0.4) is 0 Å². The summed E-state index contributed by atoms with van der Waals surface area (Å²) in [5.74, 6) is 0. The van der Waals surface area contributed by atoms with Gasteiger partial charge in [0.05, 0.1) is 11.2 Å². The minimum Gasteiger partial charge on any atom is -0.456 e. The Morgan fingerprint density at radius 3 is 2.17 bits per heavy atom. The lowest BCUT2D eigenvalue weighted by Crippen LogP contribution is -2.41. The first-order valence-electron chi connectivity index (χ1n) is 12.0. The molecule has 0 aliphatic carbocycles. The molecule has 0 unspecified atom stereocenters. The van der Waals surface area contributed by atoms with E-state index >= 15 is 0 Å². The molecule has 0 bridgehead atoms. The van der Waals surface area contributed by atoms with Gasteiger partial charge in [-0.1, -0.05) is 60.7 Å². The van der Waals surface area contributed by atoms with Crippen LogP contribution in [0.4, 0.5) is 0 Å². The normalized spacial score (nSPS) is 17.3. The van der Waals surface area contributed by atoms with E-state index in [-0.39, 0.29) is 0 Å². The Morgan fingerprint density at radius 2 is 1.37 bits per heavy atom. The number of fused-ring (bicyclic) bond motifs is 6. The van der Waals surface area contributed by atoms with Gasteiger partial charge in [-0.25, -0.2) is 0 Å². The lowest BCUT2D eigenvalue weighted by atomic mass is 9.77. The number of benzene rings is 4. The van der Waals surface area contributed by atoms with Crippen molar-refractivity contribution in [3.63, 3.8) is 0 Å². The summed E-state index contributed by atoms with van der Waals surface area (Å²) in [5.41, 5.74) is 4.14. The summed E-state index contributed by atoms with van der Waals surface area (Å²) in [7, 11) is -0.484. The van der Waals surface area contributed by atoms with Gasteiger partial charge in [0.1, 0.15) is 11.2 Å². The third-order valence-electron chi connectivity index (χ3n) is 7.75. The van der Waals surface area contributed by atoms with Crippen molar-refractivity contribution < 1.29 is 13.7 Å². The number of para-hydroxylation sites is 1. The predicted octanol–water partition coefficient (Wildman–Crippen LogP) is 7.92. The van der Waals surface area contributed by atoms with Crippen molar-refractivity contribution in [2.45, 2.75) is 38.9 Å².